The first kappa shape index (κ1) is 15.0. The van der Waals surface area contributed by atoms with E-state index in [0.29, 0.717) is 11.3 Å². The standard InChI is InChI=1S/C14H21N3O2/c1-4-14(2,3)17-12(18)9-16-11-7-5-6-10(8-11)13(15)19/h5-8,16H,4,9H2,1-3H3,(H2,15,19)(H,17,18). The molecule has 0 aliphatic carbocycles. The van der Waals surface area contributed by atoms with E-state index in [1.54, 1.807) is 24.3 Å². The van der Waals surface area contributed by atoms with Crippen LogP contribution in [0.4, 0.5) is 5.69 Å². The monoisotopic (exact) mass is 263 g/mol. The van der Waals surface area contributed by atoms with Gasteiger partial charge in [0.25, 0.3) is 0 Å². The van der Waals surface area contributed by atoms with Gasteiger partial charge in [-0.1, -0.05) is 13.0 Å². The molecule has 5 nitrogen and oxygen atoms in total. The van der Waals surface area contributed by atoms with Gasteiger partial charge in [-0.3, -0.25) is 9.59 Å². The van der Waals surface area contributed by atoms with Gasteiger partial charge in [-0.25, -0.2) is 0 Å². The Morgan fingerprint density at radius 2 is 2.00 bits per heavy atom. The lowest BCUT2D eigenvalue weighted by Crippen LogP contribution is -2.45. The molecule has 0 atom stereocenters. The van der Waals surface area contributed by atoms with Gasteiger partial charge in [0.2, 0.25) is 11.8 Å². The number of carbonyl (C=O) groups is 2. The maximum Gasteiger partial charge on any atom is 0.248 e. The summed E-state index contributed by atoms with van der Waals surface area (Å²) in [5, 5.41) is 5.89. The molecule has 0 aliphatic heterocycles. The van der Waals surface area contributed by atoms with Crippen LogP contribution < -0.4 is 16.4 Å². The van der Waals surface area contributed by atoms with E-state index in [-0.39, 0.29) is 18.0 Å². The molecule has 0 spiro atoms. The Kier molecular flexibility index (Phi) is 4.92. The lowest BCUT2D eigenvalue weighted by Gasteiger charge is -2.24. The highest BCUT2D eigenvalue weighted by atomic mass is 16.2. The molecule has 0 bridgehead atoms. The van der Waals surface area contributed by atoms with Crippen LogP contribution in [0.1, 0.15) is 37.6 Å². The normalized spacial score (nSPS) is 10.9. The number of carbonyl (C=O) groups excluding carboxylic acids is 2. The van der Waals surface area contributed by atoms with Crippen LogP contribution in [0.25, 0.3) is 0 Å². The van der Waals surface area contributed by atoms with Crippen molar-refractivity contribution < 1.29 is 9.59 Å². The molecule has 104 valence electrons. The van der Waals surface area contributed by atoms with Gasteiger partial charge >= 0.3 is 0 Å². The zero-order chi connectivity index (χ0) is 14.5. The summed E-state index contributed by atoms with van der Waals surface area (Å²) in [6, 6.07) is 6.76. The largest absolute Gasteiger partial charge is 0.376 e. The minimum atomic E-state index is -0.486. The van der Waals surface area contributed by atoms with Crippen LogP contribution in [0.5, 0.6) is 0 Å². The number of anilines is 1. The molecule has 1 rings (SSSR count). The Labute approximate surface area is 113 Å². The Balaban J connectivity index is 2.55. The summed E-state index contributed by atoms with van der Waals surface area (Å²) in [7, 11) is 0. The molecular weight excluding hydrogens is 242 g/mol. The summed E-state index contributed by atoms with van der Waals surface area (Å²) < 4.78 is 0. The van der Waals surface area contributed by atoms with Gasteiger partial charge in [0, 0.05) is 16.8 Å². The van der Waals surface area contributed by atoms with Gasteiger partial charge in [-0.15, -0.1) is 0 Å². The van der Waals surface area contributed by atoms with E-state index in [4.69, 9.17) is 5.73 Å². The van der Waals surface area contributed by atoms with Crippen molar-refractivity contribution in [3.63, 3.8) is 0 Å². The van der Waals surface area contributed by atoms with Crippen molar-refractivity contribution in [2.24, 2.45) is 5.73 Å². The molecular formula is C14H21N3O2. The topological polar surface area (TPSA) is 84.2 Å². The second-order valence-corrected chi connectivity index (χ2v) is 5.08. The number of primary amides is 1. The van der Waals surface area contributed by atoms with E-state index in [2.05, 4.69) is 10.6 Å². The molecule has 0 heterocycles. The predicted molar refractivity (Wildman–Crippen MR) is 76.0 cm³/mol. The number of amides is 2. The number of rotatable bonds is 6. The van der Waals surface area contributed by atoms with Crippen LogP contribution >= 0.6 is 0 Å². The SMILES string of the molecule is CCC(C)(C)NC(=O)CNc1cccc(C(N)=O)c1. The summed E-state index contributed by atoms with van der Waals surface area (Å²) in [5.41, 5.74) is 6.09. The van der Waals surface area contributed by atoms with Crippen molar-refractivity contribution in [3.8, 4) is 0 Å². The zero-order valence-corrected chi connectivity index (χ0v) is 11.6. The highest BCUT2D eigenvalue weighted by Gasteiger charge is 2.17. The van der Waals surface area contributed by atoms with Gasteiger partial charge in [-0.2, -0.15) is 0 Å². The molecule has 0 saturated carbocycles. The Morgan fingerprint density at radius 1 is 1.32 bits per heavy atom. The van der Waals surface area contributed by atoms with Crippen LogP contribution in [0, 0.1) is 0 Å². The fraction of sp³-hybridized carbons (Fsp3) is 0.429. The Morgan fingerprint density at radius 3 is 2.58 bits per heavy atom. The molecule has 4 N–H and O–H groups in total. The first-order valence-corrected chi connectivity index (χ1v) is 6.29. The first-order chi connectivity index (χ1) is 8.84. The molecule has 0 aromatic heterocycles. The number of hydrogen-bond donors (Lipinski definition) is 3. The van der Waals surface area contributed by atoms with E-state index in [0.717, 1.165) is 6.42 Å². The summed E-state index contributed by atoms with van der Waals surface area (Å²) >= 11 is 0. The molecule has 19 heavy (non-hydrogen) atoms. The maximum atomic E-state index is 11.7. The Hall–Kier alpha value is -2.04. The third-order valence-electron chi connectivity index (χ3n) is 2.96. The fourth-order valence-corrected chi connectivity index (χ4v) is 1.47. The molecule has 0 fully saturated rings. The highest BCUT2D eigenvalue weighted by Crippen LogP contribution is 2.10. The number of benzene rings is 1. The molecule has 0 unspecified atom stereocenters. The van der Waals surface area contributed by atoms with E-state index in [9.17, 15) is 9.59 Å². The van der Waals surface area contributed by atoms with Gasteiger partial charge in [0.1, 0.15) is 0 Å². The highest BCUT2D eigenvalue weighted by molar-refractivity contribution is 5.93. The van der Waals surface area contributed by atoms with Crippen molar-refractivity contribution in [1.29, 1.82) is 0 Å². The second kappa shape index (κ2) is 6.22. The van der Waals surface area contributed by atoms with E-state index in [1.165, 1.54) is 0 Å². The minimum absolute atomic E-state index is 0.0867. The average molecular weight is 263 g/mol. The lowest BCUT2D eigenvalue weighted by molar-refractivity contribution is -0.121. The quantitative estimate of drug-likeness (QED) is 0.727. The minimum Gasteiger partial charge on any atom is -0.376 e. The number of hydrogen-bond acceptors (Lipinski definition) is 3. The van der Waals surface area contributed by atoms with Crippen molar-refractivity contribution in [1.82, 2.24) is 5.32 Å². The van der Waals surface area contributed by atoms with Crippen molar-refractivity contribution in [3.05, 3.63) is 29.8 Å². The molecule has 0 saturated heterocycles. The van der Waals surface area contributed by atoms with Crippen LogP contribution in [-0.4, -0.2) is 23.9 Å². The molecule has 0 radical (unpaired) electrons. The van der Waals surface area contributed by atoms with Gasteiger partial charge in [0.15, 0.2) is 0 Å². The Bertz CT molecular complexity index is 470. The lowest BCUT2D eigenvalue weighted by atomic mass is 10.0. The third-order valence-corrected chi connectivity index (χ3v) is 2.96. The summed E-state index contributed by atoms with van der Waals surface area (Å²) in [4.78, 5) is 22.8. The van der Waals surface area contributed by atoms with Crippen LogP contribution in [0.2, 0.25) is 0 Å². The number of nitrogens with two attached hydrogens (primary N) is 1. The van der Waals surface area contributed by atoms with Gasteiger partial charge < -0.3 is 16.4 Å². The van der Waals surface area contributed by atoms with E-state index < -0.39 is 5.91 Å². The number of nitrogens with one attached hydrogen (secondary N) is 2. The smallest absolute Gasteiger partial charge is 0.248 e. The van der Waals surface area contributed by atoms with Crippen molar-refractivity contribution >= 4 is 17.5 Å². The van der Waals surface area contributed by atoms with Crippen molar-refractivity contribution in [2.45, 2.75) is 32.7 Å². The first-order valence-electron chi connectivity index (χ1n) is 6.29. The maximum absolute atomic E-state index is 11.7. The second-order valence-electron chi connectivity index (χ2n) is 5.08. The van der Waals surface area contributed by atoms with Crippen molar-refractivity contribution in [2.75, 3.05) is 11.9 Å². The van der Waals surface area contributed by atoms with E-state index >= 15 is 0 Å². The average Bonchev–Trinajstić information content (AvgIpc) is 2.36. The fourth-order valence-electron chi connectivity index (χ4n) is 1.47. The van der Waals surface area contributed by atoms with Gasteiger partial charge in [0.05, 0.1) is 6.54 Å². The van der Waals surface area contributed by atoms with Crippen LogP contribution in [0.15, 0.2) is 24.3 Å². The molecule has 5 heteroatoms. The molecule has 1 aromatic carbocycles. The molecule has 1 aromatic rings. The zero-order valence-electron chi connectivity index (χ0n) is 11.6. The summed E-state index contributed by atoms with van der Waals surface area (Å²) in [6.07, 6.45) is 0.857. The van der Waals surface area contributed by atoms with Crippen LogP contribution in [-0.2, 0) is 4.79 Å². The van der Waals surface area contributed by atoms with Gasteiger partial charge in [-0.05, 0) is 38.5 Å². The molecule has 0 aliphatic rings. The molecule has 2 amide bonds. The van der Waals surface area contributed by atoms with Crippen LogP contribution in [0.3, 0.4) is 0 Å². The summed E-state index contributed by atoms with van der Waals surface area (Å²) in [6.45, 7) is 6.12. The van der Waals surface area contributed by atoms with E-state index in [1.807, 2.05) is 20.8 Å². The predicted octanol–water partition coefficient (Wildman–Crippen LogP) is 1.50. The summed E-state index contributed by atoms with van der Waals surface area (Å²) in [5.74, 6) is -0.573. The third kappa shape index (κ3) is 4.99.